The quantitative estimate of drug-likeness (QED) is 0.0192. The van der Waals surface area contributed by atoms with E-state index >= 15 is 4.79 Å². The highest BCUT2D eigenvalue weighted by Gasteiger charge is 2.37. The number of aromatic hydroxyl groups is 3. The molecular formula is C69H89N7O19. The molecule has 26 heteroatoms. The number of nitrogens with zero attached hydrogens (tertiary/aromatic N) is 3. The Morgan fingerprint density at radius 2 is 0.716 bits per heavy atom. The van der Waals surface area contributed by atoms with Crippen molar-refractivity contribution in [2.45, 2.75) is 45.1 Å². The van der Waals surface area contributed by atoms with Crippen LogP contribution in [0.4, 0.5) is 0 Å². The molecule has 95 heavy (non-hydrogen) atoms. The van der Waals surface area contributed by atoms with Gasteiger partial charge >= 0.3 is 0 Å². The summed E-state index contributed by atoms with van der Waals surface area (Å²) in [6.07, 6.45) is 5.91. The van der Waals surface area contributed by atoms with E-state index in [1.54, 1.807) is 88.1 Å². The van der Waals surface area contributed by atoms with Crippen LogP contribution in [0.25, 0.3) is 32.7 Å². The number of nitrogens with one attached hydrogen (secondary N) is 4. The van der Waals surface area contributed by atoms with E-state index in [1.165, 1.54) is 36.8 Å². The fourth-order valence-corrected chi connectivity index (χ4v) is 10.3. The third-order valence-corrected chi connectivity index (χ3v) is 15.2. The van der Waals surface area contributed by atoms with Crippen molar-refractivity contribution in [3.05, 3.63) is 126 Å². The molecule has 0 aliphatic heterocycles. The van der Waals surface area contributed by atoms with Crippen molar-refractivity contribution in [2.24, 2.45) is 5.41 Å². The number of aromatic nitrogens is 3. The summed E-state index contributed by atoms with van der Waals surface area (Å²) in [6.45, 7) is 5.59. The van der Waals surface area contributed by atoms with Gasteiger partial charge in [0.25, 0.3) is 17.7 Å². The summed E-state index contributed by atoms with van der Waals surface area (Å²) in [5.41, 5.74) is 0.187. The van der Waals surface area contributed by atoms with E-state index < -0.39 is 23.1 Å². The van der Waals surface area contributed by atoms with Gasteiger partial charge in [0.05, 0.1) is 116 Å². The van der Waals surface area contributed by atoms with Crippen LogP contribution < -0.4 is 35.5 Å². The summed E-state index contributed by atoms with van der Waals surface area (Å²) >= 11 is 0. The number of fused-ring (bicyclic) bond motifs is 3. The van der Waals surface area contributed by atoms with E-state index in [0.29, 0.717) is 101 Å². The highest BCUT2D eigenvalue weighted by atomic mass is 16.6. The normalized spacial score (nSPS) is 11.5. The number of hydrogen-bond acceptors (Lipinski definition) is 22. The van der Waals surface area contributed by atoms with Gasteiger partial charge in [-0.1, -0.05) is 36.4 Å². The highest BCUT2D eigenvalue weighted by Crippen LogP contribution is 2.41. The van der Waals surface area contributed by atoms with Crippen molar-refractivity contribution >= 4 is 56.3 Å². The summed E-state index contributed by atoms with van der Waals surface area (Å²) in [6, 6.07) is 23.6. The van der Waals surface area contributed by atoms with Crippen LogP contribution in [-0.2, 0) is 54.0 Å². The maximum absolute atomic E-state index is 15.6. The number of pyridine rings is 3. The van der Waals surface area contributed by atoms with Crippen LogP contribution in [0.5, 0.6) is 34.5 Å². The molecule has 0 spiro atoms. The van der Waals surface area contributed by atoms with Gasteiger partial charge in [-0.25, -0.2) is 0 Å². The van der Waals surface area contributed by atoms with E-state index in [0.717, 1.165) is 0 Å². The second-order valence-corrected chi connectivity index (χ2v) is 21.8. The van der Waals surface area contributed by atoms with Crippen LogP contribution in [0.3, 0.4) is 0 Å². The summed E-state index contributed by atoms with van der Waals surface area (Å²) in [7, 11) is 4.79. The van der Waals surface area contributed by atoms with E-state index in [2.05, 4.69) is 36.2 Å². The Hall–Kier alpha value is -8.57. The summed E-state index contributed by atoms with van der Waals surface area (Å²) in [4.78, 5) is 69.6. The molecule has 0 atom stereocenters. The van der Waals surface area contributed by atoms with Gasteiger partial charge in [0.2, 0.25) is 11.7 Å². The topological polar surface area (TPSA) is 327 Å². The Morgan fingerprint density at radius 3 is 1.05 bits per heavy atom. The lowest BCUT2D eigenvalue weighted by molar-refractivity contribution is -0.132. The van der Waals surface area contributed by atoms with Crippen molar-refractivity contribution in [3.8, 4) is 34.5 Å². The van der Waals surface area contributed by atoms with Gasteiger partial charge in [-0.05, 0) is 92.6 Å². The molecule has 0 saturated carbocycles. The van der Waals surface area contributed by atoms with Gasteiger partial charge in [-0.3, -0.25) is 34.1 Å². The molecule has 0 unspecified atom stereocenters. The van der Waals surface area contributed by atoms with Gasteiger partial charge in [0, 0.05) is 87.7 Å². The molecule has 3 aromatic heterocycles. The predicted molar refractivity (Wildman–Crippen MR) is 353 cm³/mol. The minimum Gasteiger partial charge on any atom is -0.505 e. The summed E-state index contributed by atoms with van der Waals surface area (Å²) in [5, 5.41) is 47.3. The third-order valence-electron chi connectivity index (χ3n) is 15.2. The number of amides is 4. The highest BCUT2D eigenvalue weighted by molar-refractivity contribution is 6.04. The zero-order chi connectivity index (χ0) is 67.3. The Balaban J connectivity index is 1.16. The van der Waals surface area contributed by atoms with Crippen LogP contribution in [0.1, 0.15) is 75.2 Å². The van der Waals surface area contributed by atoms with E-state index in [-0.39, 0.29) is 178 Å². The number of hydrogen-bond donors (Lipinski definition) is 7. The van der Waals surface area contributed by atoms with Gasteiger partial charge in [-0.2, -0.15) is 0 Å². The zero-order valence-electron chi connectivity index (χ0n) is 54.3. The van der Waals surface area contributed by atoms with Crippen LogP contribution in [0.15, 0.2) is 104 Å². The first-order valence-electron chi connectivity index (χ1n) is 31.8. The molecule has 0 radical (unpaired) electrons. The number of phenols is 3. The Kier molecular flexibility index (Phi) is 32.1. The number of phenolic OH excluding ortho intramolecular Hbond substituents is 3. The second-order valence-electron chi connectivity index (χ2n) is 21.8. The summed E-state index contributed by atoms with van der Waals surface area (Å²) < 4.78 is 68.5. The zero-order valence-corrected chi connectivity index (χ0v) is 54.3. The van der Waals surface area contributed by atoms with Crippen LogP contribution in [0.2, 0.25) is 0 Å². The van der Waals surface area contributed by atoms with E-state index in [9.17, 15) is 29.7 Å². The van der Waals surface area contributed by atoms with Crippen LogP contribution >= 0.6 is 0 Å². The maximum Gasteiger partial charge on any atom is 0.255 e. The van der Waals surface area contributed by atoms with Crippen LogP contribution in [0, 0.1) is 5.41 Å². The lowest BCUT2D eigenvalue weighted by Gasteiger charge is -2.33. The van der Waals surface area contributed by atoms with Gasteiger partial charge in [0.1, 0.15) is 36.4 Å². The van der Waals surface area contributed by atoms with E-state index in [1.807, 2.05) is 0 Å². The van der Waals surface area contributed by atoms with Gasteiger partial charge in [0.15, 0.2) is 28.7 Å². The Morgan fingerprint density at radius 1 is 0.400 bits per heavy atom. The summed E-state index contributed by atoms with van der Waals surface area (Å²) in [5.74, 6) is -2.02. The molecule has 3 heterocycles. The first-order valence-corrected chi connectivity index (χ1v) is 31.8. The molecule has 0 bridgehead atoms. The maximum atomic E-state index is 15.6. The van der Waals surface area contributed by atoms with Crippen LogP contribution in [-0.4, -0.2) is 214 Å². The fourth-order valence-electron chi connectivity index (χ4n) is 10.3. The number of carbonyl (C=O) groups excluding carboxylic acids is 4. The Bertz CT molecular complexity index is 3210. The van der Waals surface area contributed by atoms with Crippen molar-refractivity contribution < 1.29 is 91.3 Å². The first-order chi connectivity index (χ1) is 46.5. The lowest BCUT2D eigenvalue weighted by Crippen LogP contribution is -2.42. The first kappa shape index (κ1) is 73.8. The molecule has 7 N–H and O–H groups in total. The van der Waals surface area contributed by atoms with Gasteiger partial charge < -0.3 is 93.4 Å². The molecular weight excluding hydrogens is 1230 g/mol. The number of ether oxygens (including phenoxy) is 12. The van der Waals surface area contributed by atoms with Gasteiger partial charge in [-0.15, -0.1) is 0 Å². The SMILES string of the molecule is COCCOCCOCCOc1cc(CNC(=O)C(CCCNC(=O)c2ccc3cccnc3c2O)(CCCNC(=O)c2ccc3cccnc3c2O)CCCNC(=O)c2ccc3cccnc3c2O)cc(OCCOCCOCCOC)c1OCCOCCOCCOC. The molecule has 26 nitrogen and oxygen atoms in total. The molecule has 514 valence electrons. The largest absolute Gasteiger partial charge is 0.505 e. The van der Waals surface area contributed by atoms with Crippen molar-refractivity contribution in [2.75, 3.05) is 160 Å². The lowest BCUT2D eigenvalue weighted by atomic mass is 9.74. The minimum absolute atomic E-state index is 0.0239. The molecule has 7 aromatic rings. The third kappa shape index (κ3) is 23.4. The number of rotatable bonds is 48. The average molecular weight is 1320 g/mol. The molecule has 0 aliphatic rings. The fraction of sp³-hybridized carbons (Fsp3) is 0.464. The molecule has 0 aliphatic carbocycles. The van der Waals surface area contributed by atoms with Crippen molar-refractivity contribution in [1.82, 2.24) is 36.2 Å². The Labute approximate surface area is 552 Å². The minimum atomic E-state index is -1.25. The molecule has 4 aromatic carbocycles. The molecule has 4 amide bonds. The second kappa shape index (κ2) is 41.3. The van der Waals surface area contributed by atoms with Crippen molar-refractivity contribution in [3.63, 3.8) is 0 Å². The average Bonchev–Trinajstić information content (AvgIpc) is 0.857. The number of carbonyl (C=O) groups is 4. The number of benzene rings is 4. The number of methoxy groups -OCH3 is 3. The molecule has 0 saturated heterocycles. The molecule has 7 rings (SSSR count). The van der Waals surface area contributed by atoms with Crippen molar-refractivity contribution in [1.29, 1.82) is 0 Å². The van der Waals surface area contributed by atoms with E-state index in [4.69, 9.17) is 56.8 Å². The molecule has 0 fully saturated rings. The smallest absolute Gasteiger partial charge is 0.255 e. The monoisotopic (exact) mass is 1320 g/mol. The predicted octanol–water partition coefficient (Wildman–Crippen LogP) is 6.86. The standard InChI is InChI=1S/C69H89N7O19/c1-84-28-31-87-34-37-90-40-43-93-56-46-49(47-57(94-44-41-91-38-35-88-32-29-85-2)64(56)95-45-42-92-39-36-89-33-30-86-3)48-76-68(83)69(19-7-25-73-65(80)53-16-13-50-10-4-22-70-58(50)61(53)77,20-8-26-74-66(81)54-17-14-51-11-5-23-71-59(51)62(54)78)21-9-27-75-67(82)55-18-15-52-12-6-24-72-60(52)63(55)79/h4-6,10-18,22-24,46-47,77-79H,7-9,19-21,25-45,48H2,1-3H3,(H,73,80)(H,74,81)(H,75,82)(H,76,83).